The minimum absolute atomic E-state index is 0.0316. The number of fused-ring (bicyclic) bond motifs is 1. The summed E-state index contributed by atoms with van der Waals surface area (Å²) in [5.41, 5.74) is 3.12. The quantitative estimate of drug-likeness (QED) is 0.407. The summed E-state index contributed by atoms with van der Waals surface area (Å²) in [5.74, 6) is 0.828. The molecule has 3 nitrogen and oxygen atoms in total. The molecule has 0 amide bonds. The van der Waals surface area contributed by atoms with E-state index in [1.165, 1.54) is 30.5 Å². The smallest absolute Gasteiger partial charge is 0.134 e. The van der Waals surface area contributed by atoms with Crippen LogP contribution in [0, 0.1) is 11.7 Å². The third kappa shape index (κ3) is 5.75. The van der Waals surface area contributed by atoms with Crippen LogP contribution in [0.15, 0.2) is 77.4 Å². The second kappa shape index (κ2) is 11.0. The molecule has 1 unspecified atom stereocenters. The van der Waals surface area contributed by atoms with Crippen molar-refractivity contribution in [3.8, 4) is 0 Å². The number of hydrogen-bond acceptors (Lipinski definition) is 3. The molecule has 5 heteroatoms. The molecule has 1 aromatic heterocycles. The molecule has 0 radical (unpaired) electrons. The third-order valence-corrected chi connectivity index (χ3v) is 6.74. The number of nitrogens with zero attached hydrogens (tertiary/aromatic N) is 2. The number of aromatic nitrogens is 1. The van der Waals surface area contributed by atoms with E-state index in [9.17, 15) is 8.78 Å². The van der Waals surface area contributed by atoms with Crippen LogP contribution in [-0.4, -0.2) is 29.5 Å². The van der Waals surface area contributed by atoms with Gasteiger partial charge in [-0.15, -0.1) is 0 Å². The molecule has 0 bridgehead atoms. The van der Waals surface area contributed by atoms with Gasteiger partial charge in [-0.2, -0.15) is 0 Å². The second-order valence-electron chi connectivity index (χ2n) is 9.31. The van der Waals surface area contributed by atoms with Crippen molar-refractivity contribution in [2.24, 2.45) is 5.92 Å². The Morgan fingerprint density at radius 2 is 2.06 bits per heavy atom. The monoisotopic (exact) mass is 463 g/mol. The van der Waals surface area contributed by atoms with E-state index in [4.69, 9.17) is 0 Å². The van der Waals surface area contributed by atoms with Crippen molar-refractivity contribution in [3.63, 3.8) is 0 Å². The molecule has 1 atom stereocenters. The Kier molecular flexibility index (Phi) is 7.81. The van der Waals surface area contributed by atoms with E-state index in [1.54, 1.807) is 25.3 Å². The van der Waals surface area contributed by atoms with Crippen molar-refractivity contribution in [2.75, 3.05) is 18.9 Å². The van der Waals surface area contributed by atoms with Gasteiger partial charge in [0.15, 0.2) is 0 Å². The Morgan fingerprint density at radius 3 is 2.79 bits per heavy atom. The molecule has 34 heavy (non-hydrogen) atoms. The number of pyridine rings is 1. The van der Waals surface area contributed by atoms with Crippen molar-refractivity contribution < 1.29 is 8.78 Å². The van der Waals surface area contributed by atoms with E-state index in [1.807, 2.05) is 6.07 Å². The lowest BCUT2D eigenvalue weighted by Gasteiger charge is -2.35. The van der Waals surface area contributed by atoms with Crippen molar-refractivity contribution in [1.29, 1.82) is 0 Å². The first kappa shape index (κ1) is 24.2. The minimum Gasteiger partial charge on any atom is -0.376 e. The number of halogens is 2. The van der Waals surface area contributed by atoms with Crippen LogP contribution in [0.2, 0.25) is 0 Å². The van der Waals surface area contributed by atoms with Crippen molar-refractivity contribution >= 4 is 16.6 Å². The molecule has 1 aliphatic carbocycles. The molecule has 1 saturated heterocycles. The van der Waals surface area contributed by atoms with Crippen LogP contribution in [0.4, 0.5) is 14.6 Å². The Bertz CT molecular complexity index is 1140. The van der Waals surface area contributed by atoms with E-state index >= 15 is 0 Å². The minimum atomic E-state index is -0.275. The lowest BCUT2D eigenvalue weighted by Crippen LogP contribution is -2.38. The van der Waals surface area contributed by atoms with E-state index in [0.29, 0.717) is 18.2 Å². The lowest BCUT2D eigenvalue weighted by atomic mass is 9.97. The first-order valence-corrected chi connectivity index (χ1v) is 12.4. The number of nitrogens with one attached hydrogen (secondary N) is 1. The number of benzene rings is 1. The summed E-state index contributed by atoms with van der Waals surface area (Å²) < 4.78 is 28.8. The Balaban J connectivity index is 1.62. The van der Waals surface area contributed by atoms with E-state index in [-0.39, 0.29) is 17.7 Å². The van der Waals surface area contributed by atoms with Crippen molar-refractivity contribution in [1.82, 2.24) is 9.88 Å². The second-order valence-corrected chi connectivity index (χ2v) is 9.31. The topological polar surface area (TPSA) is 28.2 Å². The summed E-state index contributed by atoms with van der Waals surface area (Å²) in [4.78, 5) is 6.75. The molecule has 180 valence electrons. The molecule has 1 aliphatic heterocycles. The standard InChI is InChI=1S/C29H35F2N3/c1-4-7-22(20-9-10-20)18-23(26(31)5-2)12-14-28-27(8-6-17-34(28)3)33-29-25-19-24(30)13-11-21(25)15-16-32-29/h5,7,11,13-16,18-20,27H,4,6,8-10,12,17H2,1-3H3,(H,32,33)/b22-7-,23-18-,26-5+,28-14-. The van der Waals surface area contributed by atoms with Crippen LogP contribution in [0.1, 0.15) is 52.4 Å². The fourth-order valence-corrected chi connectivity index (χ4v) is 4.76. The summed E-state index contributed by atoms with van der Waals surface area (Å²) in [5, 5.41) is 5.28. The van der Waals surface area contributed by atoms with Crippen LogP contribution < -0.4 is 5.32 Å². The summed E-state index contributed by atoms with van der Waals surface area (Å²) >= 11 is 0. The maximum absolute atomic E-state index is 14.9. The molecule has 1 aromatic carbocycles. The van der Waals surface area contributed by atoms with E-state index < -0.39 is 0 Å². The molecular weight excluding hydrogens is 428 g/mol. The largest absolute Gasteiger partial charge is 0.376 e. The van der Waals surface area contributed by atoms with Gasteiger partial charge in [0.2, 0.25) is 0 Å². The summed E-state index contributed by atoms with van der Waals surface area (Å²) in [6, 6.07) is 6.70. The van der Waals surface area contributed by atoms with Crippen LogP contribution in [-0.2, 0) is 0 Å². The molecule has 4 rings (SSSR count). The predicted octanol–water partition coefficient (Wildman–Crippen LogP) is 7.70. The van der Waals surface area contributed by atoms with Crippen LogP contribution in [0.3, 0.4) is 0 Å². The molecule has 2 heterocycles. The normalized spacial score (nSPS) is 21.4. The fraction of sp³-hybridized carbons (Fsp3) is 0.414. The van der Waals surface area contributed by atoms with Gasteiger partial charge in [-0.3, -0.25) is 0 Å². The number of piperidine rings is 1. The molecule has 1 saturated carbocycles. The molecule has 1 N–H and O–H groups in total. The van der Waals surface area contributed by atoms with Gasteiger partial charge < -0.3 is 10.2 Å². The maximum Gasteiger partial charge on any atom is 0.134 e. The molecule has 2 fully saturated rings. The van der Waals surface area contributed by atoms with Gasteiger partial charge in [0.1, 0.15) is 17.5 Å². The van der Waals surface area contributed by atoms with Crippen LogP contribution in [0.5, 0.6) is 0 Å². The molecule has 0 spiro atoms. The Labute approximate surface area is 202 Å². The van der Waals surface area contributed by atoms with Crippen LogP contribution >= 0.6 is 0 Å². The van der Waals surface area contributed by atoms with Gasteiger partial charge in [0.25, 0.3) is 0 Å². The predicted molar refractivity (Wildman–Crippen MR) is 138 cm³/mol. The highest BCUT2D eigenvalue weighted by Gasteiger charge is 2.26. The maximum atomic E-state index is 14.9. The molecule has 2 aliphatic rings. The number of likely N-dealkylation sites (N-methyl/N-ethyl adjacent to an activating group) is 1. The zero-order chi connectivity index (χ0) is 24.1. The summed E-state index contributed by atoms with van der Waals surface area (Å²) in [6.07, 6.45) is 15.6. The first-order valence-electron chi connectivity index (χ1n) is 12.4. The first-order chi connectivity index (χ1) is 16.5. The number of anilines is 1. The van der Waals surface area contributed by atoms with Gasteiger partial charge in [-0.1, -0.05) is 37.3 Å². The SMILES string of the molecule is C\C=C(F)/C(=C\C(=C\CC)C1CC1)C/C=C1/C(Nc2nccc3ccc(F)cc23)CCCN1C. The van der Waals surface area contributed by atoms with Gasteiger partial charge in [0.05, 0.1) is 6.04 Å². The molecule has 2 aromatic rings. The van der Waals surface area contributed by atoms with Gasteiger partial charge in [-0.25, -0.2) is 13.8 Å². The number of likely N-dealkylation sites (tertiary alicyclic amines) is 1. The number of hydrogen-bond donors (Lipinski definition) is 1. The number of rotatable bonds is 8. The average Bonchev–Trinajstić information content (AvgIpc) is 3.67. The average molecular weight is 464 g/mol. The molecular formula is C29H35F2N3. The highest BCUT2D eigenvalue weighted by molar-refractivity contribution is 5.91. The van der Waals surface area contributed by atoms with E-state index in [2.05, 4.69) is 47.4 Å². The third-order valence-electron chi connectivity index (χ3n) is 6.74. The summed E-state index contributed by atoms with van der Waals surface area (Å²) in [6.45, 7) is 4.83. The van der Waals surface area contributed by atoms with Gasteiger partial charge >= 0.3 is 0 Å². The van der Waals surface area contributed by atoms with Crippen molar-refractivity contribution in [3.05, 3.63) is 83.3 Å². The van der Waals surface area contributed by atoms with E-state index in [0.717, 1.165) is 47.8 Å². The zero-order valence-electron chi connectivity index (χ0n) is 20.5. The van der Waals surface area contributed by atoms with Gasteiger partial charge in [-0.05, 0) is 86.1 Å². The highest BCUT2D eigenvalue weighted by Crippen LogP contribution is 2.39. The zero-order valence-corrected chi connectivity index (χ0v) is 20.5. The van der Waals surface area contributed by atoms with Gasteiger partial charge in [0, 0.05) is 30.9 Å². The number of allylic oxidation sites excluding steroid dienone is 7. The fourth-order valence-electron chi connectivity index (χ4n) is 4.76. The highest BCUT2D eigenvalue weighted by atomic mass is 19.1. The summed E-state index contributed by atoms with van der Waals surface area (Å²) in [7, 11) is 2.08. The van der Waals surface area contributed by atoms with Crippen LogP contribution in [0.25, 0.3) is 10.8 Å². The Hall–Kier alpha value is -2.95. The lowest BCUT2D eigenvalue weighted by molar-refractivity contribution is 0.328. The Morgan fingerprint density at radius 1 is 1.24 bits per heavy atom. The van der Waals surface area contributed by atoms with Crippen molar-refractivity contribution in [2.45, 2.75) is 58.4 Å².